The molecule has 0 saturated carbocycles. The molecule has 0 aromatic heterocycles. The fourth-order valence-corrected chi connectivity index (χ4v) is 1.98. The summed E-state index contributed by atoms with van der Waals surface area (Å²) in [5, 5.41) is 5.38. The van der Waals surface area contributed by atoms with Crippen molar-refractivity contribution in [2.75, 3.05) is 22.1 Å². The maximum absolute atomic E-state index is 10.9. The summed E-state index contributed by atoms with van der Waals surface area (Å²) in [7, 11) is 0. The van der Waals surface area contributed by atoms with E-state index in [0.29, 0.717) is 0 Å². The fraction of sp³-hybridized carbons (Fsp3) is 0.222. The summed E-state index contributed by atoms with van der Waals surface area (Å²) in [5.74, 6) is -0.0479. The van der Waals surface area contributed by atoms with E-state index in [-0.39, 0.29) is 40.4 Å². The van der Waals surface area contributed by atoms with Crippen molar-refractivity contribution in [1.82, 2.24) is 0 Å². The van der Waals surface area contributed by atoms with Gasteiger partial charge in [0.25, 0.3) is 0 Å². The molecule has 133 valence electrons. The topological polar surface area (TPSA) is 58.2 Å². The third-order valence-corrected chi connectivity index (χ3v) is 3.39. The first-order valence-corrected chi connectivity index (χ1v) is 8.49. The SMILES string of the molecule is Cc1cccc(NC(=O)C[S-])c1.Cc1cccc(NC(=O)C[S-])c1.[Mn+2]. The van der Waals surface area contributed by atoms with Gasteiger partial charge in [0, 0.05) is 11.4 Å². The summed E-state index contributed by atoms with van der Waals surface area (Å²) < 4.78 is 0. The van der Waals surface area contributed by atoms with Crippen molar-refractivity contribution in [3.63, 3.8) is 0 Å². The van der Waals surface area contributed by atoms with Crippen molar-refractivity contribution in [2.45, 2.75) is 13.8 Å². The Morgan fingerprint density at radius 2 is 1.16 bits per heavy atom. The maximum atomic E-state index is 10.9. The van der Waals surface area contributed by atoms with Gasteiger partial charge < -0.3 is 35.9 Å². The summed E-state index contributed by atoms with van der Waals surface area (Å²) >= 11 is 9.19. The van der Waals surface area contributed by atoms with E-state index >= 15 is 0 Å². The molecule has 0 unspecified atom stereocenters. The van der Waals surface area contributed by atoms with Crippen LogP contribution in [0, 0.1) is 13.8 Å². The molecule has 0 aliphatic heterocycles. The first-order chi connectivity index (χ1) is 11.4. The van der Waals surface area contributed by atoms with Gasteiger partial charge in [-0.05, 0) is 49.2 Å². The van der Waals surface area contributed by atoms with Crippen LogP contribution in [0.1, 0.15) is 11.1 Å². The van der Waals surface area contributed by atoms with Crippen molar-refractivity contribution < 1.29 is 26.7 Å². The van der Waals surface area contributed by atoms with Gasteiger partial charge in [0.05, 0.1) is 0 Å². The predicted molar refractivity (Wildman–Crippen MR) is 104 cm³/mol. The van der Waals surface area contributed by atoms with Crippen LogP contribution in [0.2, 0.25) is 0 Å². The van der Waals surface area contributed by atoms with Crippen LogP contribution in [0.25, 0.3) is 0 Å². The Kier molecular flexibility index (Phi) is 12.2. The Hall–Kier alpha value is -1.40. The van der Waals surface area contributed by atoms with E-state index in [4.69, 9.17) is 0 Å². The third-order valence-electron chi connectivity index (χ3n) is 2.87. The molecule has 0 spiro atoms. The van der Waals surface area contributed by atoms with Crippen LogP contribution in [0.4, 0.5) is 11.4 Å². The van der Waals surface area contributed by atoms with E-state index in [2.05, 4.69) is 35.9 Å². The zero-order valence-electron chi connectivity index (χ0n) is 14.0. The molecule has 2 N–H and O–H groups in total. The molecule has 4 nitrogen and oxygen atoms in total. The molecule has 2 aromatic rings. The standard InChI is InChI=1S/2C9H11NOS.Mn/c2*1-7-3-2-4-8(5-7)10-9(11)6-12;/h2*2-5,12H,6H2,1H3,(H,10,11);/q;;+2/p-2. The predicted octanol–water partition coefficient (Wildman–Crippen LogP) is 2.96. The summed E-state index contributed by atoms with van der Waals surface area (Å²) in [4.78, 5) is 21.8. The second-order valence-electron chi connectivity index (χ2n) is 5.12. The van der Waals surface area contributed by atoms with Crippen LogP contribution in [0.3, 0.4) is 0 Å². The molecule has 2 rings (SSSR count). The zero-order chi connectivity index (χ0) is 17.9. The van der Waals surface area contributed by atoms with E-state index < -0.39 is 0 Å². The second kappa shape index (κ2) is 12.9. The van der Waals surface area contributed by atoms with E-state index in [1.54, 1.807) is 0 Å². The van der Waals surface area contributed by atoms with E-state index in [0.717, 1.165) is 22.5 Å². The first kappa shape index (κ1) is 23.6. The first-order valence-electron chi connectivity index (χ1n) is 7.34. The smallest absolute Gasteiger partial charge is 0.783 e. The molecule has 0 bridgehead atoms. The van der Waals surface area contributed by atoms with E-state index in [9.17, 15) is 9.59 Å². The molecule has 0 atom stereocenters. The summed E-state index contributed by atoms with van der Waals surface area (Å²) in [5.41, 5.74) is 3.86. The quantitative estimate of drug-likeness (QED) is 0.596. The van der Waals surface area contributed by atoms with Crippen molar-refractivity contribution in [1.29, 1.82) is 0 Å². The second-order valence-corrected chi connectivity index (χ2v) is 5.70. The van der Waals surface area contributed by atoms with Crippen LogP contribution in [-0.2, 0) is 51.9 Å². The van der Waals surface area contributed by atoms with E-state index in [1.165, 1.54) is 0 Å². The molecule has 25 heavy (non-hydrogen) atoms. The van der Waals surface area contributed by atoms with E-state index in [1.807, 2.05) is 62.4 Å². The molecule has 2 amide bonds. The summed E-state index contributed by atoms with van der Waals surface area (Å²) in [6, 6.07) is 15.2. The number of anilines is 2. The van der Waals surface area contributed by atoms with Gasteiger partial charge in [0.2, 0.25) is 0 Å². The number of hydrogen-bond acceptors (Lipinski definition) is 4. The molecule has 0 saturated heterocycles. The minimum Gasteiger partial charge on any atom is -0.783 e. The van der Waals surface area contributed by atoms with Crippen LogP contribution in [0.15, 0.2) is 48.5 Å². The van der Waals surface area contributed by atoms with Gasteiger partial charge in [-0.3, -0.25) is 9.59 Å². The number of carbonyl (C=O) groups excluding carboxylic acids is 2. The minimum absolute atomic E-state index is 0. The average Bonchev–Trinajstić information content (AvgIpc) is 2.55. The number of rotatable bonds is 4. The zero-order valence-corrected chi connectivity index (χ0v) is 16.9. The Morgan fingerprint density at radius 1 is 0.800 bits per heavy atom. The number of benzene rings is 2. The molecular weight excluding hydrogens is 395 g/mol. The third kappa shape index (κ3) is 10.2. The molecule has 0 aliphatic rings. The van der Waals surface area contributed by atoms with Crippen molar-refractivity contribution in [3.05, 3.63) is 59.7 Å². The van der Waals surface area contributed by atoms with Crippen molar-refractivity contribution >= 4 is 48.4 Å². The molecule has 1 radical (unpaired) electrons. The van der Waals surface area contributed by atoms with Crippen LogP contribution in [0.5, 0.6) is 0 Å². The Morgan fingerprint density at radius 3 is 1.44 bits per heavy atom. The molecule has 0 aliphatic carbocycles. The fourth-order valence-electron chi connectivity index (χ4n) is 1.84. The number of aryl methyl sites for hydroxylation is 2. The van der Waals surface area contributed by atoms with Crippen LogP contribution in [-0.4, -0.2) is 23.3 Å². The van der Waals surface area contributed by atoms with Gasteiger partial charge in [-0.1, -0.05) is 35.8 Å². The summed E-state index contributed by atoms with van der Waals surface area (Å²) in [6.45, 7) is 3.95. The number of amides is 2. The summed E-state index contributed by atoms with van der Waals surface area (Å²) in [6.07, 6.45) is 0. The van der Waals surface area contributed by atoms with Gasteiger partial charge in [-0.15, -0.1) is 0 Å². The van der Waals surface area contributed by atoms with Gasteiger partial charge in [0.15, 0.2) is 11.8 Å². The molecule has 2 aromatic carbocycles. The maximum Gasteiger partial charge on any atom is 2.00 e. The van der Waals surface area contributed by atoms with Crippen LogP contribution < -0.4 is 10.6 Å². The Labute approximate surface area is 170 Å². The molecular formula is C18H20MnN2O2S2. The minimum atomic E-state index is -0.129. The number of hydrogen-bond donors (Lipinski definition) is 2. The van der Waals surface area contributed by atoms with Crippen LogP contribution >= 0.6 is 0 Å². The van der Waals surface area contributed by atoms with Crippen molar-refractivity contribution in [2.24, 2.45) is 0 Å². The monoisotopic (exact) mass is 415 g/mol. The van der Waals surface area contributed by atoms with Gasteiger partial charge >= 0.3 is 17.1 Å². The molecule has 0 fully saturated rings. The Bertz CT molecular complexity index is 637. The van der Waals surface area contributed by atoms with Gasteiger partial charge in [-0.2, -0.15) is 0 Å². The van der Waals surface area contributed by atoms with Crippen molar-refractivity contribution in [3.8, 4) is 0 Å². The number of nitrogens with one attached hydrogen (secondary N) is 2. The molecule has 0 heterocycles. The average molecular weight is 415 g/mol. The molecule has 7 heteroatoms. The van der Waals surface area contributed by atoms with Gasteiger partial charge in [0.1, 0.15) is 0 Å². The van der Waals surface area contributed by atoms with Gasteiger partial charge in [-0.25, -0.2) is 0 Å². The normalized spacial score (nSPS) is 9.12. The number of carbonyl (C=O) groups is 2. The Balaban J connectivity index is 0.000000443. The largest absolute Gasteiger partial charge is 2.00 e.